The van der Waals surface area contributed by atoms with Crippen LogP contribution in [0.4, 0.5) is 5.69 Å². The number of nitrogens with two attached hydrogens (primary N) is 1. The van der Waals surface area contributed by atoms with Crippen LogP contribution in [0.2, 0.25) is 10.0 Å². The highest BCUT2D eigenvalue weighted by molar-refractivity contribution is 6.38. The van der Waals surface area contributed by atoms with Crippen LogP contribution in [-0.2, 0) is 0 Å². The van der Waals surface area contributed by atoms with Gasteiger partial charge in [-0.15, -0.1) is 0 Å². The van der Waals surface area contributed by atoms with Gasteiger partial charge in [0.15, 0.2) is 11.0 Å². The van der Waals surface area contributed by atoms with Gasteiger partial charge in [0.25, 0.3) is 0 Å². The van der Waals surface area contributed by atoms with Crippen molar-refractivity contribution in [2.75, 3.05) is 5.73 Å². The van der Waals surface area contributed by atoms with E-state index in [9.17, 15) is 4.79 Å². The highest BCUT2D eigenvalue weighted by Gasteiger charge is 2.11. The zero-order valence-corrected chi connectivity index (χ0v) is 11.7. The van der Waals surface area contributed by atoms with Gasteiger partial charge in [-0.05, 0) is 36.4 Å². The van der Waals surface area contributed by atoms with Crippen LogP contribution in [-0.4, -0.2) is 0 Å². The van der Waals surface area contributed by atoms with E-state index in [2.05, 4.69) is 0 Å². The molecule has 0 atom stereocenters. The van der Waals surface area contributed by atoms with Crippen LogP contribution in [0.15, 0.2) is 51.7 Å². The average molecular weight is 306 g/mol. The normalized spacial score (nSPS) is 10.9. The summed E-state index contributed by atoms with van der Waals surface area (Å²) in [5, 5.41) is 1.07. The van der Waals surface area contributed by atoms with Crippen molar-refractivity contribution in [3.63, 3.8) is 0 Å². The zero-order chi connectivity index (χ0) is 14.3. The summed E-state index contributed by atoms with van der Waals surface area (Å²) in [6.07, 6.45) is 0. The fraction of sp³-hybridized carbons (Fsp3) is 0. The van der Waals surface area contributed by atoms with Gasteiger partial charge >= 0.3 is 0 Å². The third-order valence-electron chi connectivity index (χ3n) is 2.94. The smallest absolute Gasteiger partial charge is 0.193 e. The Morgan fingerprint density at radius 3 is 2.40 bits per heavy atom. The summed E-state index contributed by atoms with van der Waals surface area (Å²) in [5.74, 6) is 0.437. The van der Waals surface area contributed by atoms with E-state index in [4.69, 9.17) is 33.4 Å². The van der Waals surface area contributed by atoms with Gasteiger partial charge in [0.2, 0.25) is 0 Å². The average Bonchev–Trinajstić information content (AvgIpc) is 2.40. The lowest BCUT2D eigenvalue weighted by Crippen LogP contribution is -2.00. The van der Waals surface area contributed by atoms with Crippen LogP contribution < -0.4 is 11.2 Å². The van der Waals surface area contributed by atoms with Crippen LogP contribution in [0, 0.1) is 0 Å². The molecule has 0 fully saturated rings. The molecule has 5 heteroatoms. The van der Waals surface area contributed by atoms with Crippen molar-refractivity contribution in [3.8, 4) is 11.3 Å². The topological polar surface area (TPSA) is 56.2 Å². The van der Waals surface area contributed by atoms with E-state index in [0.717, 1.165) is 5.56 Å². The van der Waals surface area contributed by atoms with E-state index in [-0.39, 0.29) is 5.43 Å². The SMILES string of the molecule is Nc1ccc(-c2cc(=O)c3cc(Cl)cc(Cl)c3o2)cc1. The van der Waals surface area contributed by atoms with Crippen molar-refractivity contribution in [1.29, 1.82) is 0 Å². The van der Waals surface area contributed by atoms with Crippen LogP contribution in [0.5, 0.6) is 0 Å². The van der Waals surface area contributed by atoms with Gasteiger partial charge in [-0.25, -0.2) is 0 Å². The molecule has 0 spiro atoms. The summed E-state index contributed by atoms with van der Waals surface area (Å²) < 4.78 is 5.72. The van der Waals surface area contributed by atoms with E-state index in [1.165, 1.54) is 6.07 Å². The van der Waals surface area contributed by atoms with Gasteiger partial charge in [0.1, 0.15) is 5.76 Å². The second-order valence-corrected chi connectivity index (χ2v) is 5.20. The molecule has 0 bridgehead atoms. The first-order valence-corrected chi connectivity index (χ1v) is 6.59. The first kappa shape index (κ1) is 13.0. The lowest BCUT2D eigenvalue weighted by atomic mass is 10.1. The molecule has 0 aliphatic carbocycles. The van der Waals surface area contributed by atoms with E-state index >= 15 is 0 Å². The second-order valence-electron chi connectivity index (χ2n) is 4.36. The van der Waals surface area contributed by atoms with Crippen molar-refractivity contribution in [2.45, 2.75) is 0 Å². The molecular weight excluding hydrogens is 297 g/mol. The minimum absolute atomic E-state index is 0.192. The summed E-state index contributed by atoms with van der Waals surface area (Å²) in [6.45, 7) is 0. The minimum Gasteiger partial charge on any atom is -0.454 e. The van der Waals surface area contributed by atoms with E-state index in [1.54, 1.807) is 36.4 Å². The van der Waals surface area contributed by atoms with Crippen LogP contribution in [0.1, 0.15) is 0 Å². The molecule has 2 aromatic carbocycles. The van der Waals surface area contributed by atoms with Crippen LogP contribution in [0.3, 0.4) is 0 Å². The number of rotatable bonds is 1. The molecule has 1 heterocycles. The minimum atomic E-state index is -0.192. The molecule has 0 amide bonds. The number of hydrogen-bond donors (Lipinski definition) is 1. The first-order chi connectivity index (χ1) is 9.54. The van der Waals surface area contributed by atoms with Crippen molar-refractivity contribution in [2.24, 2.45) is 0 Å². The number of anilines is 1. The summed E-state index contributed by atoms with van der Waals surface area (Å²) in [7, 11) is 0. The Labute approximate surface area is 124 Å². The standard InChI is InChI=1S/C15H9Cl2NO2/c16-9-5-11-13(19)7-14(20-15(11)12(17)6-9)8-1-3-10(18)4-2-8/h1-7H,18H2. The Morgan fingerprint density at radius 2 is 1.70 bits per heavy atom. The van der Waals surface area contributed by atoms with Gasteiger partial charge in [0.05, 0.1) is 10.4 Å². The third kappa shape index (κ3) is 2.26. The number of nitrogen functional groups attached to an aromatic ring is 1. The molecular formula is C15H9Cl2NO2. The quantitative estimate of drug-likeness (QED) is 0.680. The maximum Gasteiger partial charge on any atom is 0.193 e. The van der Waals surface area contributed by atoms with Crippen molar-refractivity contribution in [3.05, 3.63) is 62.7 Å². The molecule has 3 aromatic rings. The Bertz CT molecular complexity index is 854. The summed E-state index contributed by atoms with van der Waals surface area (Å²) in [5.41, 5.74) is 7.17. The van der Waals surface area contributed by atoms with Gasteiger partial charge in [0, 0.05) is 22.3 Å². The van der Waals surface area contributed by atoms with Crippen molar-refractivity contribution in [1.82, 2.24) is 0 Å². The lowest BCUT2D eigenvalue weighted by molar-refractivity contribution is 0.619. The lowest BCUT2D eigenvalue weighted by Gasteiger charge is -2.05. The monoisotopic (exact) mass is 305 g/mol. The summed E-state index contributed by atoms with van der Waals surface area (Å²) in [4.78, 5) is 12.1. The van der Waals surface area contributed by atoms with Gasteiger partial charge in [-0.2, -0.15) is 0 Å². The molecule has 3 nitrogen and oxygen atoms in total. The molecule has 0 aliphatic rings. The Morgan fingerprint density at radius 1 is 1.00 bits per heavy atom. The maximum atomic E-state index is 12.1. The van der Waals surface area contributed by atoms with Crippen LogP contribution >= 0.6 is 23.2 Å². The summed E-state index contributed by atoms with van der Waals surface area (Å²) in [6, 6.07) is 11.5. The maximum absolute atomic E-state index is 12.1. The highest BCUT2D eigenvalue weighted by Crippen LogP contribution is 2.29. The molecule has 100 valence electrons. The van der Waals surface area contributed by atoms with Gasteiger partial charge in [-0.1, -0.05) is 23.2 Å². The molecule has 0 unspecified atom stereocenters. The predicted octanol–water partition coefficient (Wildman–Crippen LogP) is 4.35. The molecule has 0 radical (unpaired) electrons. The zero-order valence-electron chi connectivity index (χ0n) is 10.2. The fourth-order valence-electron chi connectivity index (χ4n) is 1.97. The molecule has 0 saturated carbocycles. The number of benzene rings is 2. The molecule has 3 rings (SSSR count). The second kappa shape index (κ2) is 4.85. The summed E-state index contributed by atoms with van der Waals surface area (Å²) >= 11 is 12.0. The largest absolute Gasteiger partial charge is 0.454 e. The Kier molecular flexibility index (Phi) is 3.16. The number of fused-ring (bicyclic) bond motifs is 1. The molecule has 20 heavy (non-hydrogen) atoms. The third-order valence-corrected chi connectivity index (χ3v) is 3.44. The van der Waals surface area contributed by atoms with Crippen molar-refractivity contribution < 1.29 is 4.42 Å². The fourth-order valence-corrected chi connectivity index (χ4v) is 2.50. The highest BCUT2D eigenvalue weighted by atomic mass is 35.5. The predicted molar refractivity (Wildman–Crippen MR) is 82.4 cm³/mol. The van der Waals surface area contributed by atoms with E-state index < -0.39 is 0 Å². The van der Waals surface area contributed by atoms with Crippen LogP contribution in [0.25, 0.3) is 22.3 Å². The Hall–Kier alpha value is -1.97. The van der Waals surface area contributed by atoms with E-state index in [0.29, 0.717) is 32.5 Å². The Balaban J connectivity index is 2.29. The first-order valence-electron chi connectivity index (χ1n) is 5.83. The molecule has 0 aliphatic heterocycles. The van der Waals surface area contributed by atoms with Gasteiger partial charge < -0.3 is 10.2 Å². The molecule has 1 aromatic heterocycles. The number of halogens is 2. The molecule has 0 saturated heterocycles. The van der Waals surface area contributed by atoms with Gasteiger partial charge in [-0.3, -0.25) is 4.79 Å². The van der Waals surface area contributed by atoms with E-state index in [1.807, 2.05) is 0 Å². The molecule has 2 N–H and O–H groups in total. The number of hydrogen-bond acceptors (Lipinski definition) is 3. The van der Waals surface area contributed by atoms with Crippen molar-refractivity contribution >= 4 is 39.9 Å².